The maximum Gasteiger partial charge on any atom is 0.416 e. The topological polar surface area (TPSA) is 85.8 Å². The van der Waals surface area contributed by atoms with Gasteiger partial charge in [0.25, 0.3) is 0 Å². The molecule has 0 spiro atoms. The Kier molecular flexibility index (Phi) is 4.83. The summed E-state index contributed by atoms with van der Waals surface area (Å²) in [4.78, 5) is 12.1. The molecule has 0 unspecified atom stereocenters. The van der Waals surface area contributed by atoms with E-state index in [2.05, 4.69) is 15.5 Å². The summed E-state index contributed by atoms with van der Waals surface area (Å²) in [6.07, 6.45) is -4.41. The van der Waals surface area contributed by atoms with Gasteiger partial charge in [-0.15, -0.1) is 10.2 Å². The van der Waals surface area contributed by atoms with Crippen LogP contribution >= 0.6 is 11.8 Å². The average Bonchev–Trinajstić information content (AvgIpc) is 2.79. The summed E-state index contributed by atoms with van der Waals surface area (Å²) >= 11 is 1.10. The number of thioether (sulfide) groups is 1. The molecule has 0 saturated carbocycles. The van der Waals surface area contributed by atoms with Gasteiger partial charge in [-0.1, -0.05) is 11.8 Å². The van der Waals surface area contributed by atoms with Crippen molar-refractivity contribution in [2.24, 2.45) is 0 Å². The van der Waals surface area contributed by atoms with Gasteiger partial charge in [0.15, 0.2) is 0 Å². The van der Waals surface area contributed by atoms with Crippen LogP contribution in [0.2, 0.25) is 0 Å². The zero-order chi connectivity index (χ0) is 17.2. The Labute approximate surface area is 134 Å². The van der Waals surface area contributed by atoms with Crippen LogP contribution < -0.4 is 11.2 Å². The maximum absolute atomic E-state index is 12.5. The number of anilines is 1. The highest BCUT2D eigenvalue weighted by Gasteiger charge is 2.30. The number of amides is 1. The van der Waals surface area contributed by atoms with E-state index >= 15 is 0 Å². The number of aryl methyl sites for hydroxylation is 1. The molecule has 0 saturated heterocycles. The molecule has 2 rings (SSSR count). The number of rotatable bonds is 4. The highest BCUT2D eigenvalue weighted by Crippen LogP contribution is 2.30. The summed E-state index contributed by atoms with van der Waals surface area (Å²) in [6.45, 7) is 3.30. The normalized spacial score (nSPS) is 12.9. The van der Waals surface area contributed by atoms with Crippen molar-refractivity contribution in [2.75, 3.05) is 11.2 Å². The van der Waals surface area contributed by atoms with Crippen LogP contribution in [0.5, 0.6) is 0 Å². The summed E-state index contributed by atoms with van der Waals surface area (Å²) in [6, 6.07) is 4.22. The minimum atomic E-state index is -4.41. The molecule has 3 N–H and O–H groups in total. The summed E-state index contributed by atoms with van der Waals surface area (Å²) < 4.78 is 38.7. The molecule has 1 atom stereocenters. The third-order valence-corrected chi connectivity index (χ3v) is 4.02. The fraction of sp³-hybridized carbons (Fsp3) is 0.308. The van der Waals surface area contributed by atoms with Crippen molar-refractivity contribution in [2.45, 2.75) is 30.4 Å². The van der Waals surface area contributed by atoms with Crippen LogP contribution in [0.25, 0.3) is 0 Å². The van der Waals surface area contributed by atoms with Gasteiger partial charge in [-0.3, -0.25) is 4.79 Å². The maximum atomic E-state index is 12.5. The second-order valence-electron chi connectivity index (χ2n) is 4.72. The van der Waals surface area contributed by atoms with Crippen LogP contribution in [0.1, 0.15) is 18.3 Å². The number of carbonyl (C=O) groups excluding carboxylic acids is 1. The molecular weight excluding hydrogens is 331 g/mol. The highest BCUT2D eigenvalue weighted by atomic mass is 32.2. The zero-order valence-electron chi connectivity index (χ0n) is 12.3. The first kappa shape index (κ1) is 17.1. The van der Waals surface area contributed by atoms with Gasteiger partial charge in [-0.05, 0) is 38.1 Å². The van der Waals surface area contributed by atoms with E-state index in [4.69, 9.17) is 5.84 Å². The molecule has 0 fully saturated rings. The molecule has 10 heteroatoms. The molecule has 0 radical (unpaired) electrons. The number of aromatic nitrogens is 3. The van der Waals surface area contributed by atoms with E-state index in [-0.39, 0.29) is 11.6 Å². The number of benzene rings is 1. The number of hydrogen-bond acceptors (Lipinski definition) is 5. The van der Waals surface area contributed by atoms with Crippen LogP contribution in [-0.4, -0.2) is 26.0 Å². The molecule has 1 aromatic carbocycles. The van der Waals surface area contributed by atoms with E-state index in [0.29, 0.717) is 11.0 Å². The molecular formula is C13H14F3N5OS. The van der Waals surface area contributed by atoms with E-state index in [1.165, 1.54) is 16.8 Å². The molecule has 2 aromatic rings. The fourth-order valence-corrected chi connectivity index (χ4v) is 2.44. The van der Waals surface area contributed by atoms with Crippen molar-refractivity contribution in [1.29, 1.82) is 0 Å². The van der Waals surface area contributed by atoms with Crippen molar-refractivity contribution < 1.29 is 18.0 Å². The van der Waals surface area contributed by atoms with Gasteiger partial charge in [0, 0.05) is 5.69 Å². The van der Waals surface area contributed by atoms with Crippen molar-refractivity contribution >= 4 is 23.4 Å². The summed E-state index contributed by atoms with van der Waals surface area (Å²) in [5, 5.41) is 9.97. The first-order valence-corrected chi connectivity index (χ1v) is 7.38. The zero-order valence-corrected chi connectivity index (χ0v) is 13.1. The van der Waals surface area contributed by atoms with Gasteiger partial charge in [-0.2, -0.15) is 13.2 Å². The Balaban J connectivity index is 1.99. The summed E-state index contributed by atoms with van der Waals surface area (Å²) in [5.74, 6) is 5.82. The Bertz CT molecular complexity index is 699. The van der Waals surface area contributed by atoms with Crippen molar-refractivity contribution in [3.63, 3.8) is 0 Å². The Morgan fingerprint density at radius 2 is 1.91 bits per heavy atom. The predicted octanol–water partition coefficient (Wildman–Crippen LogP) is 2.44. The SMILES string of the molecule is Cc1nnc(S[C@@H](C)C(=O)Nc2ccc(C(F)(F)F)cc2)n1N. The molecule has 6 nitrogen and oxygen atoms in total. The van der Waals surface area contributed by atoms with E-state index in [1.807, 2.05) is 0 Å². The van der Waals surface area contributed by atoms with E-state index < -0.39 is 17.0 Å². The van der Waals surface area contributed by atoms with Crippen LogP contribution in [0.4, 0.5) is 18.9 Å². The lowest BCUT2D eigenvalue weighted by Crippen LogP contribution is -2.23. The molecule has 1 heterocycles. The lowest BCUT2D eigenvalue weighted by atomic mass is 10.2. The smallest absolute Gasteiger partial charge is 0.336 e. The molecule has 0 bridgehead atoms. The minimum Gasteiger partial charge on any atom is -0.336 e. The van der Waals surface area contributed by atoms with Crippen molar-refractivity contribution in [3.8, 4) is 0 Å². The van der Waals surface area contributed by atoms with E-state index in [9.17, 15) is 18.0 Å². The number of halogens is 3. The number of nitrogens with zero attached hydrogens (tertiary/aromatic N) is 3. The lowest BCUT2D eigenvalue weighted by molar-refractivity contribution is -0.137. The minimum absolute atomic E-state index is 0.279. The number of nitrogens with two attached hydrogens (primary N) is 1. The number of nitrogen functional groups attached to an aromatic ring is 1. The Hall–Kier alpha value is -2.23. The second kappa shape index (κ2) is 6.49. The monoisotopic (exact) mass is 345 g/mol. The van der Waals surface area contributed by atoms with Gasteiger partial charge < -0.3 is 11.2 Å². The number of carbonyl (C=O) groups is 1. The first-order valence-electron chi connectivity index (χ1n) is 6.50. The molecule has 0 aliphatic rings. The predicted molar refractivity (Wildman–Crippen MR) is 80.3 cm³/mol. The van der Waals surface area contributed by atoms with Gasteiger partial charge >= 0.3 is 6.18 Å². The Morgan fingerprint density at radius 1 is 1.30 bits per heavy atom. The largest absolute Gasteiger partial charge is 0.416 e. The van der Waals surface area contributed by atoms with Crippen LogP contribution in [-0.2, 0) is 11.0 Å². The van der Waals surface area contributed by atoms with E-state index in [1.54, 1.807) is 13.8 Å². The lowest BCUT2D eigenvalue weighted by Gasteiger charge is -2.12. The molecule has 1 aromatic heterocycles. The molecule has 0 aliphatic heterocycles. The number of alkyl halides is 3. The quantitative estimate of drug-likeness (QED) is 0.657. The summed E-state index contributed by atoms with van der Waals surface area (Å²) in [7, 11) is 0. The second-order valence-corrected chi connectivity index (χ2v) is 6.03. The van der Waals surface area contributed by atoms with E-state index in [0.717, 1.165) is 23.9 Å². The summed E-state index contributed by atoms with van der Waals surface area (Å²) in [5.41, 5.74) is -0.495. The first-order chi connectivity index (χ1) is 10.7. The van der Waals surface area contributed by atoms with Gasteiger partial charge in [0.1, 0.15) is 5.82 Å². The van der Waals surface area contributed by atoms with Gasteiger partial charge in [0.2, 0.25) is 11.1 Å². The van der Waals surface area contributed by atoms with Crippen LogP contribution in [0, 0.1) is 6.92 Å². The third-order valence-electron chi connectivity index (χ3n) is 2.97. The molecule has 0 aliphatic carbocycles. The standard InChI is InChI=1S/C13H14F3N5OS/c1-7(23-12-20-19-8(2)21(12)17)11(22)18-10-5-3-9(4-6-10)13(14,15)16/h3-7H,17H2,1-2H3,(H,18,22)/t7-/m0/s1. The molecule has 23 heavy (non-hydrogen) atoms. The third kappa shape index (κ3) is 4.15. The Morgan fingerprint density at radius 3 is 2.39 bits per heavy atom. The van der Waals surface area contributed by atoms with Gasteiger partial charge in [-0.25, -0.2) is 4.68 Å². The highest BCUT2D eigenvalue weighted by molar-refractivity contribution is 8.00. The molecule has 1 amide bonds. The average molecular weight is 345 g/mol. The van der Waals surface area contributed by atoms with Crippen molar-refractivity contribution in [1.82, 2.24) is 14.9 Å². The van der Waals surface area contributed by atoms with Gasteiger partial charge in [0.05, 0.1) is 10.8 Å². The van der Waals surface area contributed by atoms with Crippen LogP contribution in [0.15, 0.2) is 29.4 Å². The molecule has 124 valence electrons. The van der Waals surface area contributed by atoms with Crippen LogP contribution in [0.3, 0.4) is 0 Å². The number of nitrogens with one attached hydrogen (secondary N) is 1. The van der Waals surface area contributed by atoms with Crippen molar-refractivity contribution in [3.05, 3.63) is 35.7 Å². The number of hydrogen-bond donors (Lipinski definition) is 2. The fourth-order valence-electron chi connectivity index (χ4n) is 1.63.